The summed E-state index contributed by atoms with van der Waals surface area (Å²) in [4.78, 5) is 33.9. The molecule has 27 heavy (non-hydrogen) atoms. The molecule has 0 spiro atoms. The Labute approximate surface area is 156 Å². The number of nitrogens with zero attached hydrogens (tertiary/aromatic N) is 1. The zero-order valence-electron chi connectivity index (χ0n) is 14.6. The van der Waals surface area contributed by atoms with Gasteiger partial charge in [-0.2, -0.15) is 0 Å². The number of amides is 2. The first-order valence-electron chi connectivity index (χ1n) is 8.61. The van der Waals surface area contributed by atoms with Gasteiger partial charge in [0.05, 0.1) is 11.3 Å². The molecule has 0 bridgehead atoms. The van der Waals surface area contributed by atoms with Crippen LogP contribution < -0.4 is 10.6 Å². The summed E-state index contributed by atoms with van der Waals surface area (Å²) in [5.74, 6) is -0.298. The van der Waals surface area contributed by atoms with E-state index in [4.69, 9.17) is 0 Å². The highest BCUT2D eigenvalue weighted by molar-refractivity contribution is 6.01. The minimum Gasteiger partial charge on any atom is -0.353 e. The van der Waals surface area contributed by atoms with Crippen molar-refractivity contribution in [2.24, 2.45) is 0 Å². The summed E-state index contributed by atoms with van der Waals surface area (Å²) in [5.41, 5.74) is 2.20. The third kappa shape index (κ3) is 5.78. The van der Waals surface area contributed by atoms with Gasteiger partial charge in [0.1, 0.15) is 0 Å². The van der Waals surface area contributed by atoms with Gasteiger partial charge in [-0.15, -0.1) is 0 Å². The van der Waals surface area contributed by atoms with Crippen molar-refractivity contribution in [3.63, 3.8) is 0 Å². The van der Waals surface area contributed by atoms with Crippen molar-refractivity contribution in [2.45, 2.75) is 25.3 Å². The highest BCUT2D eigenvalue weighted by atomic mass is 16.6. The van der Waals surface area contributed by atoms with E-state index in [-0.39, 0.29) is 17.5 Å². The first-order valence-corrected chi connectivity index (χ1v) is 8.61. The van der Waals surface area contributed by atoms with Gasteiger partial charge in [0.2, 0.25) is 11.8 Å². The molecule has 138 valence electrons. The van der Waals surface area contributed by atoms with Crippen molar-refractivity contribution in [1.82, 2.24) is 5.32 Å². The molecule has 0 saturated heterocycles. The normalized spacial score (nSPS) is 13.3. The molecule has 0 heterocycles. The molecular weight excluding hydrogens is 346 g/mol. The Morgan fingerprint density at radius 3 is 2.33 bits per heavy atom. The number of hydrogen-bond acceptors (Lipinski definition) is 4. The number of nitrogens with one attached hydrogen (secondary N) is 2. The third-order valence-corrected chi connectivity index (χ3v) is 4.06. The maximum absolute atomic E-state index is 12.0. The van der Waals surface area contributed by atoms with E-state index in [0.717, 1.165) is 18.4 Å². The molecule has 7 heteroatoms. The van der Waals surface area contributed by atoms with E-state index in [9.17, 15) is 19.7 Å². The lowest BCUT2D eigenvalue weighted by atomic mass is 10.1. The molecule has 2 aromatic rings. The monoisotopic (exact) mass is 365 g/mol. The van der Waals surface area contributed by atoms with Gasteiger partial charge in [-0.3, -0.25) is 19.7 Å². The number of non-ortho nitro benzene ring substituents is 1. The standard InChI is InChI=1S/C20H19N3O4/c24-19(12-5-14-3-10-18(11-4-14)23(26)27)21-16-6-1-15(2-7-16)13-20(25)22-17-8-9-17/h1-7,10-12,17H,8-9,13H2,(H,21,24)(H,22,25)/b12-5+. The van der Waals surface area contributed by atoms with Crippen LogP contribution in [0.3, 0.4) is 0 Å². The van der Waals surface area contributed by atoms with Gasteiger partial charge in [-0.25, -0.2) is 0 Å². The van der Waals surface area contributed by atoms with Crippen molar-refractivity contribution >= 4 is 29.3 Å². The first kappa shape index (κ1) is 18.3. The number of rotatable bonds is 7. The average Bonchev–Trinajstić information content (AvgIpc) is 3.46. The van der Waals surface area contributed by atoms with Gasteiger partial charge in [-0.05, 0) is 54.3 Å². The van der Waals surface area contributed by atoms with Gasteiger partial charge in [0, 0.05) is 29.9 Å². The predicted octanol–water partition coefficient (Wildman–Crippen LogP) is 3.07. The van der Waals surface area contributed by atoms with Gasteiger partial charge in [-0.1, -0.05) is 12.1 Å². The molecule has 1 aliphatic rings. The van der Waals surface area contributed by atoms with Crippen molar-refractivity contribution in [1.29, 1.82) is 0 Å². The number of carbonyl (C=O) groups is 2. The Morgan fingerprint density at radius 2 is 1.74 bits per heavy atom. The van der Waals surface area contributed by atoms with Gasteiger partial charge >= 0.3 is 0 Å². The van der Waals surface area contributed by atoms with Crippen LogP contribution in [0.15, 0.2) is 54.6 Å². The number of benzene rings is 2. The maximum atomic E-state index is 12.0. The summed E-state index contributed by atoms with van der Waals surface area (Å²) in [5, 5.41) is 16.3. The topological polar surface area (TPSA) is 101 Å². The molecule has 7 nitrogen and oxygen atoms in total. The van der Waals surface area contributed by atoms with E-state index in [0.29, 0.717) is 23.7 Å². The highest BCUT2D eigenvalue weighted by Gasteiger charge is 2.22. The Bertz CT molecular complexity index is 869. The summed E-state index contributed by atoms with van der Waals surface area (Å²) in [6, 6.07) is 13.4. The van der Waals surface area contributed by atoms with Crippen molar-refractivity contribution in [3.05, 3.63) is 75.8 Å². The van der Waals surface area contributed by atoms with Gasteiger partial charge < -0.3 is 10.6 Å². The van der Waals surface area contributed by atoms with Crippen LogP contribution in [0, 0.1) is 10.1 Å². The largest absolute Gasteiger partial charge is 0.353 e. The van der Waals surface area contributed by atoms with Gasteiger partial charge in [0.15, 0.2) is 0 Å². The second kappa shape index (κ2) is 8.27. The molecule has 0 atom stereocenters. The highest BCUT2D eigenvalue weighted by Crippen LogP contribution is 2.19. The number of anilines is 1. The molecule has 2 amide bonds. The van der Waals surface area contributed by atoms with E-state index in [1.807, 2.05) is 12.1 Å². The molecule has 1 aliphatic carbocycles. The molecule has 0 unspecified atom stereocenters. The molecule has 0 aromatic heterocycles. The van der Waals surface area contributed by atoms with E-state index in [2.05, 4.69) is 10.6 Å². The van der Waals surface area contributed by atoms with Gasteiger partial charge in [0.25, 0.3) is 5.69 Å². The summed E-state index contributed by atoms with van der Waals surface area (Å²) in [6.45, 7) is 0. The van der Waals surface area contributed by atoms with Crippen molar-refractivity contribution in [2.75, 3.05) is 5.32 Å². The van der Waals surface area contributed by atoms with Crippen molar-refractivity contribution < 1.29 is 14.5 Å². The van der Waals surface area contributed by atoms with E-state index < -0.39 is 4.92 Å². The molecule has 1 saturated carbocycles. The second-order valence-corrected chi connectivity index (χ2v) is 6.39. The van der Waals surface area contributed by atoms with Crippen LogP contribution in [0.2, 0.25) is 0 Å². The molecule has 2 N–H and O–H groups in total. The van der Waals surface area contributed by atoms with Crippen molar-refractivity contribution in [3.8, 4) is 0 Å². The average molecular weight is 365 g/mol. The summed E-state index contributed by atoms with van der Waals surface area (Å²) in [6.07, 6.45) is 5.38. The van der Waals surface area contributed by atoms with Crippen LogP contribution in [0.4, 0.5) is 11.4 Å². The molecule has 1 fully saturated rings. The SMILES string of the molecule is O=C(/C=C/c1ccc([N+](=O)[O-])cc1)Nc1ccc(CC(=O)NC2CC2)cc1. The number of nitro benzene ring substituents is 1. The zero-order valence-corrected chi connectivity index (χ0v) is 14.6. The van der Waals surface area contributed by atoms with E-state index in [1.54, 1.807) is 30.3 Å². The number of nitro groups is 1. The lowest BCUT2D eigenvalue weighted by Crippen LogP contribution is -2.26. The Kier molecular flexibility index (Phi) is 5.61. The first-order chi connectivity index (χ1) is 13.0. The van der Waals surface area contributed by atoms with Crippen LogP contribution in [-0.4, -0.2) is 22.8 Å². The quantitative estimate of drug-likeness (QED) is 0.447. The van der Waals surface area contributed by atoms with Crippen LogP contribution in [0.5, 0.6) is 0 Å². The minimum absolute atomic E-state index is 0.00232. The fourth-order valence-corrected chi connectivity index (χ4v) is 2.46. The van der Waals surface area contributed by atoms with Crippen LogP contribution in [0.1, 0.15) is 24.0 Å². The maximum Gasteiger partial charge on any atom is 0.269 e. The van der Waals surface area contributed by atoms with Crippen LogP contribution in [0.25, 0.3) is 6.08 Å². The molecule has 0 radical (unpaired) electrons. The smallest absolute Gasteiger partial charge is 0.269 e. The summed E-state index contributed by atoms with van der Waals surface area (Å²) in [7, 11) is 0. The zero-order chi connectivity index (χ0) is 19.2. The second-order valence-electron chi connectivity index (χ2n) is 6.39. The lowest BCUT2D eigenvalue weighted by Gasteiger charge is -2.06. The number of carbonyl (C=O) groups excluding carboxylic acids is 2. The van der Waals surface area contributed by atoms with Crippen LogP contribution in [-0.2, 0) is 16.0 Å². The summed E-state index contributed by atoms with van der Waals surface area (Å²) < 4.78 is 0. The fraction of sp³-hybridized carbons (Fsp3) is 0.200. The third-order valence-electron chi connectivity index (χ3n) is 4.06. The van der Waals surface area contributed by atoms with E-state index >= 15 is 0 Å². The summed E-state index contributed by atoms with van der Waals surface area (Å²) >= 11 is 0. The minimum atomic E-state index is -0.473. The molecule has 0 aliphatic heterocycles. The fourth-order valence-electron chi connectivity index (χ4n) is 2.46. The predicted molar refractivity (Wildman–Crippen MR) is 102 cm³/mol. The molecule has 2 aromatic carbocycles. The Morgan fingerprint density at radius 1 is 1.07 bits per heavy atom. The lowest BCUT2D eigenvalue weighted by molar-refractivity contribution is -0.384. The Balaban J connectivity index is 1.50. The Hall–Kier alpha value is -3.48. The van der Waals surface area contributed by atoms with Crippen LogP contribution >= 0.6 is 0 Å². The molecule has 3 rings (SSSR count). The number of hydrogen-bond donors (Lipinski definition) is 2. The molecular formula is C20H19N3O4. The van der Waals surface area contributed by atoms with E-state index in [1.165, 1.54) is 18.2 Å².